The molecule has 39 heavy (non-hydrogen) atoms. The van der Waals surface area contributed by atoms with Crippen molar-refractivity contribution in [3.8, 4) is 17.6 Å². The molecule has 0 saturated carbocycles. The molecule has 2 aromatic rings. The minimum atomic E-state index is -0.280. The first-order valence-corrected chi connectivity index (χ1v) is 14.4. The van der Waals surface area contributed by atoms with E-state index in [1.807, 2.05) is 31.2 Å². The van der Waals surface area contributed by atoms with Gasteiger partial charge in [0.15, 0.2) is 11.5 Å². The summed E-state index contributed by atoms with van der Waals surface area (Å²) in [5.41, 5.74) is 2.03. The molecule has 0 atom stereocenters. The van der Waals surface area contributed by atoms with Gasteiger partial charge in [-0.15, -0.1) is 0 Å². The zero-order valence-corrected chi connectivity index (χ0v) is 24.0. The highest BCUT2D eigenvalue weighted by atomic mass is 32.2. The van der Waals surface area contributed by atoms with E-state index in [9.17, 15) is 14.9 Å². The molecule has 11 heteroatoms. The molecular formula is C28H31N5O4S2. The van der Waals surface area contributed by atoms with Crippen molar-refractivity contribution in [2.24, 2.45) is 0 Å². The molecule has 0 N–H and O–H groups in total. The van der Waals surface area contributed by atoms with Crippen LogP contribution in [0, 0.1) is 18.3 Å². The SMILES string of the molecule is CCCn1c(N2CCN(CC)CC2)c(C=C2SC(=S)N(Cc3ccc4c(c3)OCO4)C2=O)c(C)c(C#N)c1=O. The van der Waals surface area contributed by atoms with Crippen LogP contribution in [0.4, 0.5) is 5.82 Å². The number of carbonyl (C=O) groups excluding carboxylic acids is 1. The van der Waals surface area contributed by atoms with Crippen LogP contribution in [0.5, 0.6) is 11.5 Å². The highest BCUT2D eigenvalue weighted by Crippen LogP contribution is 2.38. The van der Waals surface area contributed by atoms with E-state index in [4.69, 9.17) is 21.7 Å². The van der Waals surface area contributed by atoms with Gasteiger partial charge in [0.1, 0.15) is 21.8 Å². The van der Waals surface area contributed by atoms with Crippen molar-refractivity contribution in [1.82, 2.24) is 14.4 Å². The molecule has 0 radical (unpaired) electrons. The number of ether oxygens (including phenoxy) is 2. The first kappa shape index (κ1) is 27.2. The molecule has 5 rings (SSSR count). The van der Waals surface area contributed by atoms with Gasteiger partial charge in [-0.1, -0.05) is 43.9 Å². The number of nitriles is 1. The van der Waals surface area contributed by atoms with Gasteiger partial charge in [-0.3, -0.25) is 19.1 Å². The second kappa shape index (κ2) is 11.4. The summed E-state index contributed by atoms with van der Waals surface area (Å²) in [5.74, 6) is 1.91. The van der Waals surface area contributed by atoms with Gasteiger partial charge in [0.25, 0.3) is 11.5 Å². The summed E-state index contributed by atoms with van der Waals surface area (Å²) in [7, 11) is 0. The maximum absolute atomic E-state index is 13.6. The number of likely N-dealkylation sites (N-methyl/N-ethyl adjacent to an activating group) is 1. The third-order valence-electron chi connectivity index (χ3n) is 7.34. The lowest BCUT2D eigenvalue weighted by atomic mass is 10.0. The number of amides is 1. The molecule has 3 aliphatic rings. The van der Waals surface area contributed by atoms with Crippen LogP contribution < -0.4 is 19.9 Å². The van der Waals surface area contributed by atoms with Gasteiger partial charge < -0.3 is 19.3 Å². The number of benzene rings is 1. The third-order valence-corrected chi connectivity index (χ3v) is 8.72. The van der Waals surface area contributed by atoms with Crippen LogP contribution in [0.25, 0.3) is 6.08 Å². The largest absolute Gasteiger partial charge is 0.454 e. The normalized spacial score (nSPS) is 18.4. The number of hydrogen-bond acceptors (Lipinski definition) is 9. The Balaban J connectivity index is 1.54. The predicted molar refractivity (Wildman–Crippen MR) is 156 cm³/mol. The Hall–Kier alpha value is -3.33. The molecule has 1 aromatic carbocycles. The first-order valence-electron chi connectivity index (χ1n) is 13.1. The fourth-order valence-corrected chi connectivity index (χ4v) is 6.42. The maximum Gasteiger partial charge on any atom is 0.270 e. The number of hydrogen-bond donors (Lipinski definition) is 0. The number of carbonyl (C=O) groups is 1. The van der Waals surface area contributed by atoms with Gasteiger partial charge in [-0.2, -0.15) is 5.26 Å². The van der Waals surface area contributed by atoms with Crippen molar-refractivity contribution in [3.05, 3.63) is 55.7 Å². The quantitative estimate of drug-likeness (QED) is 0.368. The van der Waals surface area contributed by atoms with Gasteiger partial charge in [0.2, 0.25) is 6.79 Å². The fourth-order valence-electron chi connectivity index (χ4n) is 5.18. The molecule has 0 unspecified atom stereocenters. The molecule has 1 aromatic heterocycles. The monoisotopic (exact) mass is 565 g/mol. The summed E-state index contributed by atoms with van der Waals surface area (Å²) >= 11 is 6.85. The van der Waals surface area contributed by atoms with Crippen molar-refractivity contribution in [3.63, 3.8) is 0 Å². The third kappa shape index (κ3) is 5.16. The molecule has 1 amide bonds. The average Bonchev–Trinajstić information content (AvgIpc) is 3.51. The van der Waals surface area contributed by atoms with Crippen molar-refractivity contribution in [1.29, 1.82) is 5.26 Å². The molecule has 0 bridgehead atoms. The van der Waals surface area contributed by atoms with Crippen LogP contribution in [0.15, 0.2) is 27.9 Å². The van der Waals surface area contributed by atoms with Crippen molar-refractivity contribution in [2.75, 3.05) is 44.4 Å². The van der Waals surface area contributed by atoms with Gasteiger partial charge >= 0.3 is 0 Å². The number of thiocarbonyl (C=S) groups is 1. The van der Waals surface area contributed by atoms with Gasteiger partial charge in [0, 0.05) is 38.3 Å². The zero-order valence-electron chi connectivity index (χ0n) is 22.4. The summed E-state index contributed by atoms with van der Waals surface area (Å²) in [6.45, 7) is 11.2. The zero-order chi connectivity index (χ0) is 27.7. The van der Waals surface area contributed by atoms with E-state index in [-0.39, 0.29) is 23.8 Å². The van der Waals surface area contributed by atoms with Crippen LogP contribution in [-0.2, 0) is 17.9 Å². The number of anilines is 1. The minimum absolute atomic E-state index is 0.112. The van der Waals surface area contributed by atoms with Gasteiger partial charge in [-0.25, -0.2) is 0 Å². The molecule has 2 saturated heterocycles. The maximum atomic E-state index is 13.6. The number of piperazine rings is 1. The van der Waals surface area contributed by atoms with Crippen LogP contribution in [0.1, 0.15) is 42.5 Å². The molecular weight excluding hydrogens is 534 g/mol. The Morgan fingerprint density at radius 1 is 1.13 bits per heavy atom. The van der Waals surface area contributed by atoms with Crippen LogP contribution in [-0.4, -0.2) is 64.1 Å². The van der Waals surface area contributed by atoms with Crippen molar-refractivity contribution >= 4 is 46.1 Å². The number of fused-ring (bicyclic) bond motifs is 1. The minimum Gasteiger partial charge on any atom is -0.454 e. The Bertz CT molecular complexity index is 1450. The predicted octanol–water partition coefficient (Wildman–Crippen LogP) is 3.71. The van der Waals surface area contributed by atoms with Gasteiger partial charge in [-0.05, 0) is 49.2 Å². The molecule has 9 nitrogen and oxygen atoms in total. The van der Waals surface area contributed by atoms with Crippen molar-refractivity contribution in [2.45, 2.75) is 40.3 Å². The topological polar surface area (TPSA) is 91.0 Å². The van der Waals surface area contributed by atoms with E-state index >= 15 is 0 Å². The Kier molecular flexibility index (Phi) is 7.98. The molecule has 3 aliphatic heterocycles. The Morgan fingerprint density at radius 2 is 1.87 bits per heavy atom. The van der Waals surface area contributed by atoms with E-state index in [2.05, 4.69) is 22.8 Å². The average molecular weight is 566 g/mol. The van der Waals surface area contributed by atoms with Crippen LogP contribution in [0.3, 0.4) is 0 Å². The molecule has 0 spiro atoms. The summed E-state index contributed by atoms with van der Waals surface area (Å²) < 4.78 is 13.0. The lowest BCUT2D eigenvalue weighted by Gasteiger charge is -2.37. The summed E-state index contributed by atoms with van der Waals surface area (Å²) in [4.78, 5) is 33.6. The number of nitrogens with zero attached hydrogens (tertiary/aromatic N) is 5. The molecule has 2 fully saturated rings. The highest BCUT2D eigenvalue weighted by Gasteiger charge is 2.34. The first-order chi connectivity index (χ1) is 18.9. The number of pyridine rings is 1. The lowest BCUT2D eigenvalue weighted by Crippen LogP contribution is -2.48. The van der Waals surface area contributed by atoms with Crippen LogP contribution in [0.2, 0.25) is 0 Å². The Labute approximate surface area is 237 Å². The fraction of sp³-hybridized carbons (Fsp3) is 0.429. The smallest absolute Gasteiger partial charge is 0.270 e. The highest BCUT2D eigenvalue weighted by molar-refractivity contribution is 8.26. The summed E-state index contributed by atoms with van der Waals surface area (Å²) in [6.07, 6.45) is 2.56. The van der Waals surface area contributed by atoms with E-state index in [0.29, 0.717) is 39.4 Å². The number of rotatable bonds is 7. The standard InChI is InChI=1S/C28H31N5O4S2/c1-4-8-32-25(31-11-9-30(5-2)10-12-31)20(18(3)21(15-29)26(32)34)14-24-27(35)33(28(38)39-24)16-19-6-7-22-23(13-19)37-17-36-22/h6-7,13-14H,4-5,8-12,16-17H2,1-3H3. The van der Waals surface area contributed by atoms with Crippen LogP contribution >= 0.6 is 24.0 Å². The van der Waals surface area contributed by atoms with Crippen molar-refractivity contribution < 1.29 is 14.3 Å². The second-order valence-electron chi connectivity index (χ2n) is 9.68. The lowest BCUT2D eigenvalue weighted by molar-refractivity contribution is -0.122. The molecule has 0 aliphatic carbocycles. The van der Waals surface area contributed by atoms with Gasteiger partial charge in [0.05, 0.1) is 11.4 Å². The van der Waals surface area contributed by atoms with E-state index in [1.54, 1.807) is 16.4 Å². The Morgan fingerprint density at radius 3 is 2.56 bits per heavy atom. The number of thioether (sulfide) groups is 1. The van der Waals surface area contributed by atoms with E-state index < -0.39 is 0 Å². The second-order valence-corrected chi connectivity index (χ2v) is 11.4. The summed E-state index contributed by atoms with van der Waals surface area (Å²) in [6, 6.07) is 7.71. The molecule has 4 heterocycles. The number of aromatic nitrogens is 1. The van der Waals surface area contributed by atoms with E-state index in [1.165, 1.54) is 11.8 Å². The molecule has 204 valence electrons. The van der Waals surface area contributed by atoms with E-state index in [0.717, 1.165) is 56.1 Å². The summed E-state index contributed by atoms with van der Waals surface area (Å²) in [5, 5.41) is 9.89.